The van der Waals surface area contributed by atoms with Crippen molar-refractivity contribution in [3.63, 3.8) is 0 Å². The molecule has 1 aliphatic rings. The van der Waals surface area contributed by atoms with Gasteiger partial charge in [0.05, 0.1) is 13.2 Å². The second-order valence-electron chi connectivity index (χ2n) is 3.76. The van der Waals surface area contributed by atoms with Crippen LogP contribution in [0, 0.1) is 0 Å². The zero-order valence-electron chi connectivity index (χ0n) is 8.15. The van der Waals surface area contributed by atoms with Gasteiger partial charge in [0.15, 0.2) is 0 Å². The Morgan fingerprint density at radius 3 is 3.08 bits per heavy atom. The highest BCUT2D eigenvalue weighted by molar-refractivity contribution is 4.71. The van der Waals surface area contributed by atoms with Crippen LogP contribution in [-0.2, 0) is 18.3 Å². The van der Waals surface area contributed by atoms with Gasteiger partial charge >= 0.3 is 0 Å². The van der Waals surface area contributed by atoms with E-state index in [9.17, 15) is 0 Å². The zero-order chi connectivity index (χ0) is 9.10. The van der Waals surface area contributed by atoms with Crippen LogP contribution in [0.2, 0.25) is 0 Å². The first-order chi connectivity index (χ1) is 6.34. The van der Waals surface area contributed by atoms with Crippen molar-refractivity contribution in [3.8, 4) is 0 Å². The molecular weight excluding hydrogens is 164 g/mol. The van der Waals surface area contributed by atoms with Crippen molar-refractivity contribution >= 4 is 0 Å². The first-order valence-electron chi connectivity index (χ1n) is 4.97. The fraction of sp³-hybridized carbons (Fsp3) is 0.700. The van der Waals surface area contributed by atoms with Gasteiger partial charge in [0.1, 0.15) is 18.9 Å². The average Bonchev–Trinajstić information content (AvgIpc) is 2.53. The molecule has 0 radical (unpaired) electrons. The van der Waals surface area contributed by atoms with Crippen LogP contribution in [0.3, 0.4) is 0 Å². The Morgan fingerprint density at radius 1 is 1.54 bits per heavy atom. The van der Waals surface area contributed by atoms with E-state index < -0.39 is 0 Å². The minimum absolute atomic E-state index is 0.432. The van der Waals surface area contributed by atoms with Crippen molar-refractivity contribution in [1.29, 1.82) is 0 Å². The Kier molecular flexibility index (Phi) is 2.64. The monoisotopic (exact) mass is 181 g/mol. The second-order valence-corrected chi connectivity index (χ2v) is 3.76. The van der Waals surface area contributed by atoms with E-state index in [4.69, 9.17) is 4.74 Å². The van der Waals surface area contributed by atoms with Gasteiger partial charge in [-0.15, -0.1) is 0 Å². The quantitative estimate of drug-likeness (QED) is 0.619. The predicted octanol–water partition coefficient (Wildman–Crippen LogP) is 0.882. The van der Waals surface area contributed by atoms with Gasteiger partial charge in [0, 0.05) is 6.61 Å². The Morgan fingerprint density at radius 2 is 2.46 bits per heavy atom. The molecule has 1 atom stereocenters. The van der Waals surface area contributed by atoms with Crippen LogP contribution in [0.5, 0.6) is 0 Å². The molecule has 13 heavy (non-hydrogen) atoms. The number of imidazole rings is 1. The predicted molar refractivity (Wildman–Crippen MR) is 49.2 cm³/mol. The fourth-order valence-electron chi connectivity index (χ4n) is 1.80. The van der Waals surface area contributed by atoms with Crippen LogP contribution in [0.4, 0.5) is 0 Å². The van der Waals surface area contributed by atoms with Crippen LogP contribution in [-0.4, -0.2) is 17.3 Å². The molecule has 72 valence electrons. The summed E-state index contributed by atoms with van der Waals surface area (Å²) in [5, 5.41) is 0. The lowest BCUT2D eigenvalue weighted by atomic mass is 10.1. The lowest BCUT2D eigenvalue weighted by Gasteiger charge is -2.20. The van der Waals surface area contributed by atoms with E-state index in [1.165, 1.54) is 19.3 Å². The number of ether oxygens (including phenoxy) is 1. The molecule has 3 heteroatoms. The number of hydrogen-bond donors (Lipinski definition) is 0. The van der Waals surface area contributed by atoms with Gasteiger partial charge < -0.3 is 4.74 Å². The van der Waals surface area contributed by atoms with Gasteiger partial charge in [-0.05, 0) is 19.3 Å². The van der Waals surface area contributed by atoms with Gasteiger partial charge in [-0.1, -0.05) is 0 Å². The summed E-state index contributed by atoms with van der Waals surface area (Å²) in [7, 11) is 2.04. The number of aryl methyl sites for hydroxylation is 1. The second kappa shape index (κ2) is 3.92. The SMILES string of the molecule is C[n+]1ccn(C[C@@H]2CCCCO2)c1. The van der Waals surface area contributed by atoms with E-state index in [0.29, 0.717) is 6.10 Å². The minimum Gasteiger partial charge on any atom is -0.374 e. The third kappa shape index (κ3) is 2.31. The van der Waals surface area contributed by atoms with Crippen molar-refractivity contribution in [2.45, 2.75) is 31.9 Å². The summed E-state index contributed by atoms with van der Waals surface area (Å²) in [5.41, 5.74) is 0. The molecule has 3 nitrogen and oxygen atoms in total. The molecule has 1 saturated heterocycles. The van der Waals surface area contributed by atoms with Crippen LogP contribution in [0.25, 0.3) is 0 Å². The first kappa shape index (κ1) is 8.75. The Hall–Kier alpha value is -0.830. The summed E-state index contributed by atoms with van der Waals surface area (Å²) in [6.45, 7) is 1.94. The van der Waals surface area contributed by atoms with E-state index in [-0.39, 0.29) is 0 Å². The van der Waals surface area contributed by atoms with Crippen molar-refractivity contribution in [2.24, 2.45) is 7.05 Å². The maximum Gasteiger partial charge on any atom is 0.243 e. The molecule has 1 aromatic heterocycles. The molecule has 0 bridgehead atoms. The summed E-state index contributed by atoms with van der Waals surface area (Å²) < 4.78 is 9.91. The van der Waals surface area contributed by atoms with Gasteiger partial charge in [0.25, 0.3) is 0 Å². The van der Waals surface area contributed by atoms with E-state index in [0.717, 1.165) is 13.2 Å². The topological polar surface area (TPSA) is 18.0 Å². The van der Waals surface area contributed by atoms with E-state index in [1.54, 1.807) is 0 Å². The molecule has 1 fully saturated rings. The van der Waals surface area contributed by atoms with Gasteiger partial charge in [-0.3, -0.25) is 0 Å². The largest absolute Gasteiger partial charge is 0.374 e. The van der Waals surface area contributed by atoms with Gasteiger partial charge in [-0.25, -0.2) is 9.13 Å². The van der Waals surface area contributed by atoms with Gasteiger partial charge in [-0.2, -0.15) is 0 Å². The van der Waals surface area contributed by atoms with Crippen molar-refractivity contribution < 1.29 is 9.30 Å². The molecule has 0 unspecified atom stereocenters. The Bertz CT molecular complexity index is 264. The summed E-state index contributed by atoms with van der Waals surface area (Å²) in [4.78, 5) is 0. The third-order valence-corrected chi connectivity index (χ3v) is 2.51. The smallest absolute Gasteiger partial charge is 0.243 e. The van der Waals surface area contributed by atoms with Crippen LogP contribution < -0.4 is 4.57 Å². The van der Waals surface area contributed by atoms with Gasteiger partial charge in [0.2, 0.25) is 6.33 Å². The third-order valence-electron chi connectivity index (χ3n) is 2.51. The fourth-order valence-corrected chi connectivity index (χ4v) is 1.80. The number of aromatic nitrogens is 2. The highest BCUT2D eigenvalue weighted by Gasteiger charge is 2.16. The summed E-state index contributed by atoms with van der Waals surface area (Å²) in [6.07, 6.45) is 10.4. The minimum atomic E-state index is 0.432. The first-order valence-corrected chi connectivity index (χ1v) is 4.97. The Balaban J connectivity index is 1.89. The lowest BCUT2D eigenvalue weighted by molar-refractivity contribution is -0.671. The molecule has 2 rings (SSSR count). The molecule has 1 aromatic rings. The lowest BCUT2D eigenvalue weighted by Crippen LogP contribution is -2.27. The molecule has 1 aliphatic heterocycles. The summed E-state index contributed by atoms with van der Waals surface area (Å²) in [5.74, 6) is 0. The highest BCUT2D eigenvalue weighted by atomic mass is 16.5. The number of hydrogen-bond acceptors (Lipinski definition) is 1. The number of rotatable bonds is 2. The van der Waals surface area contributed by atoms with Crippen LogP contribution in [0.1, 0.15) is 19.3 Å². The van der Waals surface area contributed by atoms with Crippen LogP contribution >= 0.6 is 0 Å². The van der Waals surface area contributed by atoms with E-state index in [2.05, 4.69) is 27.9 Å². The average molecular weight is 181 g/mol. The molecule has 0 spiro atoms. The maximum atomic E-state index is 5.66. The molecule has 0 aliphatic carbocycles. The van der Waals surface area contributed by atoms with E-state index >= 15 is 0 Å². The molecule has 0 amide bonds. The van der Waals surface area contributed by atoms with E-state index in [1.807, 2.05) is 7.05 Å². The molecule has 0 saturated carbocycles. The van der Waals surface area contributed by atoms with Crippen molar-refractivity contribution in [3.05, 3.63) is 18.7 Å². The molecule has 0 N–H and O–H groups in total. The number of nitrogens with zero attached hydrogens (tertiary/aromatic N) is 2. The zero-order valence-corrected chi connectivity index (χ0v) is 8.15. The summed E-state index contributed by atoms with van der Waals surface area (Å²) in [6, 6.07) is 0. The standard InChI is InChI=1S/C10H17N2O/c1-11-5-6-12(9-11)8-10-4-2-3-7-13-10/h5-6,9-10H,2-4,7-8H2,1H3/q+1/t10-/m0/s1. The Labute approximate surface area is 78.9 Å². The van der Waals surface area contributed by atoms with Crippen molar-refractivity contribution in [1.82, 2.24) is 4.57 Å². The molecule has 0 aromatic carbocycles. The summed E-state index contributed by atoms with van der Waals surface area (Å²) >= 11 is 0. The van der Waals surface area contributed by atoms with Crippen molar-refractivity contribution in [2.75, 3.05) is 6.61 Å². The normalized spacial score (nSPS) is 23.3. The maximum absolute atomic E-state index is 5.66. The molecular formula is C10H17N2O+. The highest BCUT2D eigenvalue weighted by Crippen LogP contribution is 2.13. The molecule has 2 heterocycles. The van der Waals surface area contributed by atoms with Crippen LogP contribution in [0.15, 0.2) is 18.7 Å².